The molecule has 2 aromatic heterocycles. The molecule has 2 atom stereocenters. The third-order valence-electron chi connectivity index (χ3n) is 17.1. The average molecular weight is 914 g/mol. The highest BCUT2D eigenvalue weighted by Gasteiger charge is 2.58. The van der Waals surface area contributed by atoms with Gasteiger partial charge in [-0.2, -0.15) is 0 Å². The molecule has 0 amide bonds. The molecule has 14 rings (SSSR count). The lowest BCUT2D eigenvalue weighted by molar-refractivity contribution is 0.194. The number of nitrogens with zero attached hydrogens (tertiary/aromatic N) is 3. The Bertz CT molecular complexity index is 3850. The van der Waals surface area contributed by atoms with Crippen molar-refractivity contribution in [3.05, 3.63) is 173 Å². The molecule has 0 spiro atoms. The number of anilines is 8. The summed E-state index contributed by atoms with van der Waals surface area (Å²) < 4.78 is 9.52. The Morgan fingerprint density at radius 1 is 0.565 bits per heavy atom. The monoisotopic (exact) mass is 913 g/mol. The Morgan fingerprint density at radius 2 is 1.25 bits per heavy atom. The summed E-state index contributed by atoms with van der Waals surface area (Å²) in [6.07, 6.45) is 4.86. The highest BCUT2D eigenvalue weighted by molar-refractivity contribution is 7.26. The molecule has 4 nitrogen and oxygen atoms in total. The van der Waals surface area contributed by atoms with Gasteiger partial charge in [0.05, 0.1) is 21.6 Å². The number of hydrogen-bond donors (Lipinski definition) is 0. The summed E-state index contributed by atoms with van der Waals surface area (Å²) in [6, 6.07) is 55.8. The summed E-state index contributed by atoms with van der Waals surface area (Å²) in [7, 11) is 0. The van der Waals surface area contributed by atoms with Gasteiger partial charge >= 0.3 is 0 Å². The molecule has 0 saturated heterocycles. The predicted molar refractivity (Wildman–Crippen MR) is 296 cm³/mol. The van der Waals surface area contributed by atoms with E-state index < -0.39 is 0 Å². The summed E-state index contributed by atoms with van der Waals surface area (Å²) in [4.78, 5) is 7.99. The first-order chi connectivity index (χ1) is 33.3. The van der Waals surface area contributed by atoms with E-state index >= 15 is 0 Å². The zero-order valence-electron chi connectivity index (χ0n) is 40.9. The first kappa shape index (κ1) is 41.2. The van der Waals surface area contributed by atoms with Crippen LogP contribution in [0.5, 0.6) is 0 Å². The zero-order valence-corrected chi connectivity index (χ0v) is 41.7. The van der Waals surface area contributed by atoms with Gasteiger partial charge in [0.15, 0.2) is 5.58 Å². The van der Waals surface area contributed by atoms with Crippen molar-refractivity contribution in [2.45, 2.75) is 97.4 Å². The zero-order chi connectivity index (χ0) is 46.9. The second-order valence-corrected chi connectivity index (χ2v) is 23.3. The molecule has 1 aliphatic carbocycles. The number of rotatable bonds is 3. The molecular formula is C63H56BN3OS. The van der Waals surface area contributed by atoms with E-state index in [0.29, 0.717) is 0 Å². The fourth-order valence-corrected chi connectivity index (χ4v) is 15.0. The van der Waals surface area contributed by atoms with Crippen molar-refractivity contribution < 1.29 is 4.42 Å². The number of furan rings is 1. The maximum absolute atomic E-state index is 6.90. The molecule has 1 fully saturated rings. The van der Waals surface area contributed by atoms with Gasteiger partial charge in [0.1, 0.15) is 5.58 Å². The van der Waals surface area contributed by atoms with Crippen molar-refractivity contribution in [2.75, 3.05) is 14.7 Å². The highest BCUT2D eigenvalue weighted by Crippen LogP contribution is 2.62. The van der Waals surface area contributed by atoms with Gasteiger partial charge in [-0.05, 0) is 151 Å². The number of fused-ring (bicyclic) bond motifs is 13. The molecule has 0 N–H and O–H groups in total. The van der Waals surface area contributed by atoms with Gasteiger partial charge in [0.25, 0.3) is 6.71 Å². The lowest BCUT2D eigenvalue weighted by Gasteiger charge is -2.51. The number of para-hydroxylation sites is 2. The number of hydrogen-bond acceptors (Lipinski definition) is 5. The summed E-state index contributed by atoms with van der Waals surface area (Å²) in [6.45, 7) is 19.1. The second-order valence-electron chi connectivity index (χ2n) is 22.2. The van der Waals surface area contributed by atoms with E-state index in [2.05, 4.69) is 216 Å². The topological polar surface area (TPSA) is 22.9 Å². The van der Waals surface area contributed by atoms with Crippen LogP contribution < -0.4 is 31.1 Å². The van der Waals surface area contributed by atoms with E-state index in [4.69, 9.17) is 4.42 Å². The normalized spacial score (nSPS) is 19.4. The van der Waals surface area contributed by atoms with Crippen LogP contribution in [0.15, 0.2) is 150 Å². The summed E-state index contributed by atoms with van der Waals surface area (Å²) in [5, 5.41) is 4.89. The van der Waals surface area contributed by atoms with E-state index in [0.717, 1.165) is 34.0 Å². The van der Waals surface area contributed by atoms with Gasteiger partial charge in [-0.1, -0.05) is 125 Å². The van der Waals surface area contributed by atoms with Crippen molar-refractivity contribution in [1.82, 2.24) is 0 Å². The first-order valence-corrected chi connectivity index (χ1v) is 25.9. The van der Waals surface area contributed by atoms with Crippen LogP contribution >= 0.6 is 11.3 Å². The predicted octanol–water partition coefficient (Wildman–Crippen LogP) is 16.0. The summed E-state index contributed by atoms with van der Waals surface area (Å²) >= 11 is 1.92. The van der Waals surface area contributed by atoms with E-state index in [1.807, 2.05) is 11.3 Å². The second kappa shape index (κ2) is 14.2. The van der Waals surface area contributed by atoms with Crippen molar-refractivity contribution in [2.24, 2.45) is 0 Å². The van der Waals surface area contributed by atoms with Crippen molar-refractivity contribution in [1.29, 1.82) is 0 Å². The molecule has 69 heavy (non-hydrogen) atoms. The SMILES string of the molecule is Cc1cc2c3c(c1)N(c1cccc4c1sc1ccccc14)c1cc(N4c5cc(C)cc(C)c5C5(C)CCCCC45C)ccc1B3c1cc(C(C)(C)C)ccc1N2c1cccc2c1oc1ccccc12. The molecule has 3 aliphatic heterocycles. The third-order valence-corrected chi connectivity index (χ3v) is 18.3. The number of aryl methyl sites for hydroxylation is 3. The minimum Gasteiger partial charge on any atom is -0.454 e. The van der Waals surface area contributed by atoms with Crippen LogP contribution in [-0.4, -0.2) is 12.3 Å². The molecular weight excluding hydrogens is 858 g/mol. The van der Waals surface area contributed by atoms with Crippen LogP contribution in [0.1, 0.15) is 88.1 Å². The van der Waals surface area contributed by atoms with Crippen LogP contribution in [0, 0.1) is 20.8 Å². The largest absolute Gasteiger partial charge is 0.454 e. The first-order valence-electron chi connectivity index (χ1n) is 25.1. The fourth-order valence-electron chi connectivity index (χ4n) is 13.8. The summed E-state index contributed by atoms with van der Waals surface area (Å²) in [5.74, 6) is 0. The van der Waals surface area contributed by atoms with Crippen LogP contribution in [0.2, 0.25) is 0 Å². The van der Waals surface area contributed by atoms with Crippen molar-refractivity contribution in [3.63, 3.8) is 0 Å². The highest BCUT2D eigenvalue weighted by atomic mass is 32.1. The minimum absolute atomic E-state index is 0.0215. The Labute approximate surface area is 409 Å². The van der Waals surface area contributed by atoms with Crippen LogP contribution in [0.4, 0.5) is 45.5 Å². The van der Waals surface area contributed by atoms with E-state index in [1.165, 1.54) is 118 Å². The van der Waals surface area contributed by atoms with E-state index in [1.54, 1.807) is 5.56 Å². The maximum atomic E-state index is 6.90. The molecule has 2 unspecified atom stereocenters. The van der Waals surface area contributed by atoms with Gasteiger partial charge in [-0.3, -0.25) is 0 Å². The fraction of sp³-hybridized carbons (Fsp3) is 0.238. The maximum Gasteiger partial charge on any atom is 0.252 e. The molecule has 1 saturated carbocycles. The number of thiophene rings is 1. The Kier molecular flexibility index (Phi) is 8.47. The van der Waals surface area contributed by atoms with E-state index in [-0.39, 0.29) is 23.1 Å². The molecule has 10 aromatic rings. The van der Waals surface area contributed by atoms with Gasteiger partial charge < -0.3 is 19.1 Å². The standard InChI is InChI=1S/C63H56BN3OS/c1-37-31-39(3)57-52(32-37)67(63(8)30-14-13-29-62(57,63)7)41-26-27-46-51(36-41)66(50-22-16-20-45-43-18-10-12-24-56(43)69-60(45)50)54-34-38(2)33-53-58(54)64(46)47-35-40(61(4,5)6)25-28-48(47)65(53)49-21-15-19-44-42-17-9-11-23-55(42)68-59(44)49/h9-12,15-28,31-36H,13-14,29-30H2,1-8H3. The molecule has 0 radical (unpaired) electrons. The molecule has 5 heterocycles. The molecule has 0 bridgehead atoms. The molecule has 6 heteroatoms. The molecule has 338 valence electrons. The third kappa shape index (κ3) is 5.53. The van der Waals surface area contributed by atoms with Crippen molar-refractivity contribution in [3.8, 4) is 0 Å². The minimum atomic E-state index is -0.0791. The smallest absolute Gasteiger partial charge is 0.252 e. The van der Waals surface area contributed by atoms with Gasteiger partial charge in [0.2, 0.25) is 0 Å². The van der Waals surface area contributed by atoms with Gasteiger partial charge in [-0.15, -0.1) is 11.3 Å². The van der Waals surface area contributed by atoms with Crippen LogP contribution in [0.25, 0.3) is 42.1 Å². The van der Waals surface area contributed by atoms with Gasteiger partial charge in [-0.25, -0.2) is 0 Å². The van der Waals surface area contributed by atoms with E-state index in [9.17, 15) is 0 Å². The van der Waals surface area contributed by atoms with Gasteiger partial charge in [0, 0.05) is 65.8 Å². The van der Waals surface area contributed by atoms with Crippen molar-refractivity contribution >= 4 is 122 Å². The van der Waals surface area contributed by atoms with Crippen LogP contribution in [-0.2, 0) is 10.8 Å². The Hall–Kier alpha value is -6.76. The molecule has 4 aliphatic rings. The van der Waals surface area contributed by atoms with Crippen LogP contribution in [0.3, 0.4) is 0 Å². The average Bonchev–Trinajstić information content (AvgIpc) is 3.97. The number of benzene rings is 8. The quantitative estimate of drug-likeness (QED) is 0.165. The Morgan fingerprint density at radius 3 is 2.06 bits per heavy atom. The lowest BCUT2D eigenvalue weighted by Crippen LogP contribution is -2.61. The molecule has 8 aromatic carbocycles. The Balaban J connectivity index is 1.09. The lowest BCUT2D eigenvalue weighted by atomic mass is 9.33. The summed E-state index contributed by atoms with van der Waals surface area (Å²) in [5.41, 5.74) is 22.4.